The monoisotopic (exact) mass is 275 g/mol. The first-order valence-corrected chi connectivity index (χ1v) is 7.43. The van der Waals surface area contributed by atoms with Crippen LogP contribution in [0.4, 0.5) is 0 Å². The van der Waals surface area contributed by atoms with Crippen LogP contribution in [0.15, 0.2) is 18.2 Å². The summed E-state index contributed by atoms with van der Waals surface area (Å²) >= 11 is 0. The van der Waals surface area contributed by atoms with Gasteiger partial charge in [-0.1, -0.05) is 24.6 Å². The Morgan fingerprint density at radius 2 is 2.15 bits per heavy atom. The van der Waals surface area contributed by atoms with Gasteiger partial charge in [0, 0.05) is 11.6 Å². The summed E-state index contributed by atoms with van der Waals surface area (Å²) in [6.45, 7) is 9.13. The van der Waals surface area contributed by atoms with Gasteiger partial charge in [0.15, 0.2) is 5.78 Å². The van der Waals surface area contributed by atoms with Crippen LogP contribution in [-0.2, 0) is 0 Å². The van der Waals surface area contributed by atoms with Crippen LogP contribution in [0.5, 0.6) is 0 Å². The maximum Gasteiger partial charge on any atom is 0.179 e. The summed E-state index contributed by atoms with van der Waals surface area (Å²) in [5.74, 6) is 0.618. The number of rotatable bonds is 4. The lowest BCUT2D eigenvalue weighted by Crippen LogP contribution is -2.45. The number of aryl methyl sites for hydroxylation is 2. The molecule has 1 saturated heterocycles. The number of ketones is 1. The minimum atomic E-state index is -0.169. The van der Waals surface area contributed by atoms with Gasteiger partial charge in [-0.15, -0.1) is 0 Å². The van der Waals surface area contributed by atoms with E-state index in [1.807, 2.05) is 39.0 Å². The second-order valence-corrected chi connectivity index (χ2v) is 6.11. The lowest BCUT2D eigenvalue weighted by Gasteiger charge is -2.30. The molecule has 3 heteroatoms. The van der Waals surface area contributed by atoms with Crippen LogP contribution in [0.1, 0.15) is 41.8 Å². The van der Waals surface area contributed by atoms with Crippen molar-refractivity contribution in [2.45, 2.75) is 46.2 Å². The van der Waals surface area contributed by atoms with Crippen molar-refractivity contribution in [3.8, 4) is 0 Å². The zero-order valence-electron chi connectivity index (χ0n) is 12.9. The maximum absolute atomic E-state index is 12.7. The molecule has 20 heavy (non-hydrogen) atoms. The Morgan fingerprint density at radius 3 is 2.80 bits per heavy atom. The second kappa shape index (κ2) is 6.06. The number of carbonyl (C=O) groups excluding carboxylic acids is 1. The fourth-order valence-corrected chi connectivity index (χ4v) is 3.18. The molecule has 0 aliphatic carbocycles. The smallest absolute Gasteiger partial charge is 0.179 e. The molecule has 1 aromatic carbocycles. The molecule has 1 aliphatic heterocycles. The third kappa shape index (κ3) is 2.79. The van der Waals surface area contributed by atoms with E-state index in [2.05, 4.69) is 11.8 Å². The van der Waals surface area contributed by atoms with Gasteiger partial charge >= 0.3 is 0 Å². The zero-order chi connectivity index (χ0) is 14.9. The molecule has 3 nitrogen and oxygen atoms in total. The van der Waals surface area contributed by atoms with Crippen LogP contribution in [0.2, 0.25) is 0 Å². The van der Waals surface area contributed by atoms with E-state index in [0.29, 0.717) is 5.92 Å². The van der Waals surface area contributed by atoms with Crippen molar-refractivity contribution < 1.29 is 9.90 Å². The van der Waals surface area contributed by atoms with Crippen LogP contribution in [-0.4, -0.2) is 41.0 Å². The number of benzene rings is 1. The quantitative estimate of drug-likeness (QED) is 0.859. The standard InChI is InChI=1S/C17H25NO2/c1-11-5-6-12(2)15(9-11)17(20)14(4)18-8-7-13(3)16(18)10-19/h5-6,9,13-14,16,19H,7-8,10H2,1-4H3. The lowest BCUT2D eigenvalue weighted by atomic mass is 9.96. The minimum Gasteiger partial charge on any atom is -0.395 e. The Bertz CT molecular complexity index is 498. The van der Waals surface area contributed by atoms with Gasteiger partial charge < -0.3 is 5.11 Å². The molecule has 3 unspecified atom stereocenters. The van der Waals surface area contributed by atoms with E-state index in [0.717, 1.165) is 29.7 Å². The number of hydrogen-bond donors (Lipinski definition) is 1. The van der Waals surface area contributed by atoms with Crippen LogP contribution >= 0.6 is 0 Å². The van der Waals surface area contributed by atoms with Crippen molar-refractivity contribution in [1.82, 2.24) is 4.90 Å². The van der Waals surface area contributed by atoms with Crippen LogP contribution < -0.4 is 0 Å². The van der Waals surface area contributed by atoms with Crippen LogP contribution in [0.3, 0.4) is 0 Å². The van der Waals surface area contributed by atoms with Gasteiger partial charge in [-0.3, -0.25) is 9.69 Å². The third-order valence-corrected chi connectivity index (χ3v) is 4.65. The summed E-state index contributed by atoms with van der Waals surface area (Å²) in [6.07, 6.45) is 1.05. The normalized spacial score (nSPS) is 24.9. The van der Waals surface area contributed by atoms with E-state index in [1.54, 1.807) is 0 Å². The third-order valence-electron chi connectivity index (χ3n) is 4.65. The topological polar surface area (TPSA) is 40.5 Å². The molecule has 0 saturated carbocycles. The van der Waals surface area contributed by atoms with Crippen molar-refractivity contribution in [2.75, 3.05) is 13.2 Å². The highest BCUT2D eigenvalue weighted by Crippen LogP contribution is 2.27. The maximum atomic E-state index is 12.7. The summed E-state index contributed by atoms with van der Waals surface area (Å²) in [7, 11) is 0. The summed E-state index contributed by atoms with van der Waals surface area (Å²) in [6, 6.07) is 5.95. The molecule has 3 atom stereocenters. The van der Waals surface area contributed by atoms with E-state index in [1.165, 1.54) is 0 Å². The Labute approximate surface area is 121 Å². The van der Waals surface area contributed by atoms with Gasteiger partial charge in [0.05, 0.1) is 12.6 Å². The Morgan fingerprint density at radius 1 is 1.45 bits per heavy atom. The molecule has 0 bridgehead atoms. The molecular formula is C17H25NO2. The van der Waals surface area contributed by atoms with Gasteiger partial charge in [0.2, 0.25) is 0 Å². The van der Waals surface area contributed by atoms with Gasteiger partial charge in [-0.25, -0.2) is 0 Å². The summed E-state index contributed by atoms with van der Waals surface area (Å²) in [5.41, 5.74) is 2.95. The molecule has 1 fully saturated rings. The highest BCUT2D eigenvalue weighted by atomic mass is 16.3. The van der Waals surface area contributed by atoms with E-state index >= 15 is 0 Å². The number of aliphatic hydroxyl groups excluding tert-OH is 1. The first-order chi connectivity index (χ1) is 9.45. The minimum absolute atomic E-state index is 0.110. The molecule has 1 N–H and O–H groups in total. The Kier molecular flexibility index (Phi) is 4.61. The molecule has 0 amide bonds. The lowest BCUT2D eigenvalue weighted by molar-refractivity contribution is 0.0720. The summed E-state index contributed by atoms with van der Waals surface area (Å²) in [5, 5.41) is 9.55. The number of likely N-dealkylation sites (tertiary alicyclic amines) is 1. The average Bonchev–Trinajstić information content (AvgIpc) is 2.80. The van der Waals surface area contributed by atoms with E-state index in [4.69, 9.17) is 0 Å². The number of hydrogen-bond acceptors (Lipinski definition) is 3. The average molecular weight is 275 g/mol. The number of carbonyl (C=O) groups is 1. The molecule has 110 valence electrons. The Balaban J connectivity index is 2.22. The van der Waals surface area contributed by atoms with E-state index in [9.17, 15) is 9.90 Å². The SMILES string of the molecule is Cc1ccc(C)c(C(=O)C(C)N2CCC(C)C2CO)c1. The van der Waals surface area contributed by atoms with Gasteiger partial charge in [-0.2, -0.15) is 0 Å². The van der Waals surface area contributed by atoms with Crippen molar-refractivity contribution in [3.05, 3.63) is 34.9 Å². The molecule has 0 radical (unpaired) electrons. The van der Waals surface area contributed by atoms with Crippen molar-refractivity contribution in [2.24, 2.45) is 5.92 Å². The number of Topliss-reactive ketones (excluding diaryl/α,β-unsaturated/α-hetero) is 1. The first-order valence-electron chi connectivity index (χ1n) is 7.43. The molecule has 0 spiro atoms. The van der Waals surface area contributed by atoms with Crippen molar-refractivity contribution >= 4 is 5.78 Å². The van der Waals surface area contributed by atoms with Gasteiger partial charge in [-0.05, 0) is 51.3 Å². The molecule has 2 rings (SSSR count). The van der Waals surface area contributed by atoms with Crippen molar-refractivity contribution in [1.29, 1.82) is 0 Å². The van der Waals surface area contributed by atoms with E-state index < -0.39 is 0 Å². The molecule has 1 heterocycles. The van der Waals surface area contributed by atoms with Crippen molar-refractivity contribution in [3.63, 3.8) is 0 Å². The zero-order valence-corrected chi connectivity index (χ0v) is 12.9. The largest absolute Gasteiger partial charge is 0.395 e. The summed E-state index contributed by atoms with van der Waals surface area (Å²) in [4.78, 5) is 14.9. The molecular weight excluding hydrogens is 250 g/mol. The number of aliphatic hydroxyl groups is 1. The molecule has 0 aromatic heterocycles. The second-order valence-electron chi connectivity index (χ2n) is 6.11. The number of nitrogens with zero attached hydrogens (tertiary/aromatic N) is 1. The highest BCUT2D eigenvalue weighted by molar-refractivity contribution is 6.01. The predicted molar refractivity (Wildman–Crippen MR) is 81.1 cm³/mol. The van der Waals surface area contributed by atoms with E-state index in [-0.39, 0.29) is 24.5 Å². The molecule has 1 aliphatic rings. The fraction of sp³-hybridized carbons (Fsp3) is 0.588. The predicted octanol–water partition coefficient (Wildman–Crippen LogP) is 2.58. The van der Waals surface area contributed by atoms with Crippen LogP contribution in [0.25, 0.3) is 0 Å². The Hall–Kier alpha value is -1.19. The fourth-order valence-electron chi connectivity index (χ4n) is 3.18. The van der Waals surface area contributed by atoms with Gasteiger partial charge in [0.25, 0.3) is 0 Å². The molecule has 1 aromatic rings. The van der Waals surface area contributed by atoms with Crippen LogP contribution in [0, 0.1) is 19.8 Å². The first kappa shape index (κ1) is 15.2. The summed E-state index contributed by atoms with van der Waals surface area (Å²) < 4.78 is 0. The highest BCUT2D eigenvalue weighted by Gasteiger charge is 2.36. The van der Waals surface area contributed by atoms with Gasteiger partial charge in [0.1, 0.15) is 0 Å².